The first-order chi connectivity index (χ1) is 10.4. The second-order valence-electron chi connectivity index (χ2n) is 9.00. The lowest BCUT2D eigenvalue weighted by atomic mass is 9.73. The number of nitrogens with zero attached hydrogens (tertiary/aromatic N) is 1. The fourth-order valence-electron chi connectivity index (χ4n) is 3.08. The molecular formula is C20H35NO2. The zero-order chi connectivity index (χ0) is 17.7. The van der Waals surface area contributed by atoms with Crippen molar-refractivity contribution in [3.05, 3.63) is 24.0 Å². The van der Waals surface area contributed by atoms with Crippen LogP contribution >= 0.6 is 0 Å². The molecule has 132 valence electrons. The molecule has 0 aliphatic carbocycles. The van der Waals surface area contributed by atoms with Gasteiger partial charge in [-0.2, -0.15) is 0 Å². The Bertz CT molecular complexity index is 469. The summed E-state index contributed by atoms with van der Waals surface area (Å²) in [4.78, 5) is 4.54. The molecule has 0 spiro atoms. The molecule has 3 nitrogen and oxygen atoms in total. The lowest BCUT2D eigenvalue weighted by Crippen LogP contribution is -2.32. The smallest absolute Gasteiger partial charge is 0.137 e. The summed E-state index contributed by atoms with van der Waals surface area (Å²) in [7, 11) is 0. The van der Waals surface area contributed by atoms with Crippen molar-refractivity contribution in [2.75, 3.05) is 13.2 Å². The molecule has 0 fully saturated rings. The molecule has 0 saturated heterocycles. The van der Waals surface area contributed by atoms with Gasteiger partial charge in [-0.15, -0.1) is 0 Å². The maximum atomic E-state index is 6.00. The van der Waals surface area contributed by atoms with Crippen molar-refractivity contribution in [3.8, 4) is 5.75 Å². The van der Waals surface area contributed by atoms with Crippen LogP contribution in [0.3, 0.4) is 0 Å². The Hall–Kier alpha value is -1.09. The predicted molar refractivity (Wildman–Crippen MR) is 97.0 cm³/mol. The second-order valence-corrected chi connectivity index (χ2v) is 9.00. The van der Waals surface area contributed by atoms with Crippen LogP contribution in [0.5, 0.6) is 5.75 Å². The minimum atomic E-state index is -0.0852. The molecule has 23 heavy (non-hydrogen) atoms. The fourth-order valence-corrected chi connectivity index (χ4v) is 3.08. The number of ether oxygens (including phenoxy) is 2. The van der Waals surface area contributed by atoms with Crippen molar-refractivity contribution in [2.24, 2.45) is 10.8 Å². The van der Waals surface area contributed by atoms with Crippen molar-refractivity contribution in [2.45, 2.75) is 73.8 Å². The molecule has 1 heterocycles. The maximum absolute atomic E-state index is 6.00. The Labute approximate surface area is 142 Å². The van der Waals surface area contributed by atoms with E-state index in [1.54, 1.807) is 0 Å². The number of rotatable bonds is 8. The first-order valence-electron chi connectivity index (χ1n) is 8.64. The lowest BCUT2D eigenvalue weighted by Gasteiger charge is -2.36. The third-order valence-corrected chi connectivity index (χ3v) is 3.62. The summed E-state index contributed by atoms with van der Waals surface area (Å²) in [6, 6.07) is 4.08. The van der Waals surface area contributed by atoms with Gasteiger partial charge in [0.1, 0.15) is 5.75 Å². The van der Waals surface area contributed by atoms with Crippen LogP contribution in [-0.2, 0) is 11.2 Å². The van der Waals surface area contributed by atoms with Gasteiger partial charge in [0.25, 0.3) is 0 Å². The van der Waals surface area contributed by atoms with Gasteiger partial charge in [-0.05, 0) is 63.5 Å². The van der Waals surface area contributed by atoms with Gasteiger partial charge in [-0.3, -0.25) is 4.98 Å². The first kappa shape index (κ1) is 20.0. The zero-order valence-electron chi connectivity index (χ0n) is 16.3. The Kier molecular flexibility index (Phi) is 6.64. The van der Waals surface area contributed by atoms with Gasteiger partial charge >= 0.3 is 0 Å². The fraction of sp³-hybridized carbons (Fsp3) is 0.750. The molecule has 0 unspecified atom stereocenters. The summed E-state index contributed by atoms with van der Waals surface area (Å²) in [6.45, 7) is 18.9. The van der Waals surface area contributed by atoms with Crippen LogP contribution < -0.4 is 4.74 Å². The van der Waals surface area contributed by atoms with Gasteiger partial charge in [-0.25, -0.2) is 0 Å². The third kappa shape index (κ3) is 8.36. The molecule has 0 saturated carbocycles. The third-order valence-electron chi connectivity index (χ3n) is 3.62. The largest absolute Gasteiger partial charge is 0.492 e. The van der Waals surface area contributed by atoms with E-state index in [-0.39, 0.29) is 16.4 Å². The molecule has 1 aromatic heterocycles. The summed E-state index contributed by atoms with van der Waals surface area (Å²) in [5.74, 6) is 0.841. The van der Waals surface area contributed by atoms with Gasteiger partial charge in [0.15, 0.2) is 0 Å². The van der Waals surface area contributed by atoms with E-state index in [1.807, 2.05) is 19.2 Å². The number of pyridine rings is 1. The van der Waals surface area contributed by atoms with E-state index in [1.165, 1.54) is 0 Å². The highest BCUT2D eigenvalue weighted by molar-refractivity contribution is 5.20. The zero-order valence-corrected chi connectivity index (χ0v) is 16.3. The Balaban J connectivity index is 2.63. The molecule has 0 aliphatic rings. The monoisotopic (exact) mass is 321 g/mol. The molecule has 0 amide bonds. The van der Waals surface area contributed by atoms with Gasteiger partial charge < -0.3 is 9.47 Å². The van der Waals surface area contributed by atoms with Gasteiger partial charge in [0.2, 0.25) is 0 Å². The number of hydrogen-bond donors (Lipinski definition) is 0. The normalized spacial score (nSPS) is 13.2. The highest BCUT2D eigenvalue weighted by Crippen LogP contribution is 2.37. The minimum absolute atomic E-state index is 0.0852. The molecule has 0 aromatic carbocycles. The standard InChI is InChI=1S/C20H35NO2/c1-9-22-17-11-10-16(21-13-17)12-19(5,6)14-20(7,8)15-23-18(2,3)4/h10-11,13H,9,12,14-15H2,1-8H3. The number of hydrogen-bond acceptors (Lipinski definition) is 3. The van der Waals surface area contributed by atoms with Crippen molar-refractivity contribution in [1.29, 1.82) is 0 Å². The summed E-state index contributed by atoms with van der Waals surface area (Å²) < 4.78 is 11.5. The van der Waals surface area contributed by atoms with E-state index in [0.29, 0.717) is 6.61 Å². The SMILES string of the molecule is CCOc1ccc(CC(C)(C)CC(C)(C)COC(C)(C)C)nc1. The van der Waals surface area contributed by atoms with Crippen LogP contribution in [0.25, 0.3) is 0 Å². The summed E-state index contributed by atoms with van der Waals surface area (Å²) in [5.41, 5.74) is 1.34. The van der Waals surface area contributed by atoms with Crippen molar-refractivity contribution < 1.29 is 9.47 Å². The summed E-state index contributed by atoms with van der Waals surface area (Å²) in [6.07, 6.45) is 3.87. The molecule has 1 rings (SSSR count). The second kappa shape index (κ2) is 7.65. The van der Waals surface area contributed by atoms with Crippen molar-refractivity contribution in [3.63, 3.8) is 0 Å². The first-order valence-corrected chi connectivity index (χ1v) is 8.64. The highest BCUT2D eigenvalue weighted by atomic mass is 16.5. The van der Waals surface area contributed by atoms with E-state index < -0.39 is 0 Å². The molecule has 1 aromatic rings. The van der Waals surface area contributed by atoms with Crippen LogP contribution in [0.1, 0.15) is 67.5 Å². The molecule has 0 bridgehead atoms. The van der Waals surface area contributed by atoms with Crippen molar-refractivity contribution >= 4 is 0 Å². The maximum Gasteiger partial charge on any atom is 0.137 e. The molecule has 0 aliphatic heterocycles. The quantitative estimate of drug-likeness (QED) is 0.652. The van der Waals surface area contributed by atoms with Gasteiger partial charge in [0, 0.05) is 5.69 Å². The summed E-state index contributed by atoms with van der Waals surface area (Å²) in [5, 5.41) is 0. The molecule has 3 heteroatoms. The van der Waals surface area contributed by atoms with E-state index in [2.05, 4.69) is 59.5 Å². The van der Waals surface area contributed by atoms with E-state index in [0.717, 1.165) is 30.9 Å². The van der Waals surface area contributed by atoms with Crippen LogP contribution in [0.2, 0.25) is 0 Å². The van der Waals surface area contributed by atoms with Crippen LogP contribution in [0, 0.1) is 10.8 Å². The Morgan fingerprint density at radius 3 is 2.09 bits per heavy atom. The molecule has 0 N–H and O–H groups in total. The molecule has 0 radical (unpaired) electrons. The van der Waals surface area contributed by atoms with Crippen LogP contribution in [-0.4, -0.2) is 23.8 Å². The summed E-state index contributed by atoms with van der Waals surface area (Å²) >= 11 is 0. The highest BCUT2D eigenvalue weighted by Gasteiger charge is 2.30. The molecule has 0 atom stereocenters. The average molecular weight is 322 g/mol. The van der Waals surface area contributed by atoms with E-state index in [9.17, 15) is 0 Å². The minimum Gasteiger partial charge on any atom is -0.492 e. The van der Waals surface area contributed by atoms with Crippen LogP contribution in [0.4, 0.5) is 0 Å². The molecular weight excluding hydrogens is 286 g/mol. The predicted octanol–water partition coefficient (Wildman–Crippen LogP) is 5.28. The van der Waals surface area contributed by atoms with E-state index in [4.69, 9.17) is 9.47 Å². The van der Waals surface area contributed by atoms with Gasteiger partial charge in [0.05, 0.1) is 25.0 Å². The van der Waals surface area contributed by atoms with Crippen molar-refractivity contribution in [1.82, 2.24) is 4.98 Å². The average Bonchev–Trinajstić information content (AvgIpc) is 2.37. The lowest BCUT2D eigenvalue weighted by molar-refractivity contribution is -0.0531. The Morgan fingerprint density at radius 1 is 0.957 bits per heavy atom. The van der Waals surface area contributed by atoms with Gasteiger partial charge in [-0.1, -0.05) is 27.7 Å². The number of aromatic nitrogens is 1. The topological polar surface area (TPSA) is 31.4 Å². The van der Waals surface area contributed by atoms with Crippen LogP contribution in [0.15, 0.2) is 18.3 Å². The Morgan fingerprint density at radius 2 is 1.61 bits per heavy atom. The van der Waals surface area contributed by atoms with E-state index >= 15 is 0 Å².